The average molecular weight is 298 g/mol. The lowest BCUT2D eigenvalue weighted by molar-refractivity contribution is 0.373. The molecule has 2 rings (SSSR count). The Morgan fingerprint density at radius 1 is 1.40 bits per heavy atom. The third-order valence-corrected chi connectivity index (χ3v) is 2.97. The number of ether oxygens (including phenoxy) is 1. The lowest BCUT2D eigenvalue weighted by Crippen LogP contribution is -2.02. The van der Waals surface area contributed by atoms with Crippen LogP contribution in [0.5, 0.6) is 11.5 Å². The van der Waals surface area contributed by atoms with Gasteiger partial charge in [-0.05, 0) is 31.5 Å². The Labute approximate surface area is 125 Å². The molecule has 0 atom stereocenters. The van der Waals surface area contributed by atoms with Crippen LogP contribution in [0, 0.1) is 6.92 Å². The van der Waals surface area contributed by atoms with Crippen molar-refractivity contribution in [2.24, 2.45) is 0 Å². The Bertz CT molecular complexity index is 570. The summed E-state index contributed by atoms with van der Waals surface area (Å²) < 4.78 is 6.98. The zero-order valence-electron chi connectivity index (χ0n) is 11.9. The minimum absolute atomic E-state index is 0. The first-order valence-electron chi connectivity index (χ1n) is 6.27. The largest absolute Gasteiger partial charge is 0.504 e. The number of hydrogen-bond donors (Lipinski definition) is 2. The molecule has 0 fully saturated rings. The molecule has 0 aliphatic heterocycles. The van der Waals surface area contributed by atoms with E-state index in [1.807, 2.05) is 29.9 Å². The normalized spacial score (nSPS) is 9.95. The highest BCUT2D eigenvalue weighted by molar-refractivity contribution is 5.85. The summed E-state index contributed by atoms with van der Waals surface area (Å²) in [6.45, 7) is 5.58. The molecule has 1 aromatic carbocycles. The van der Waals surface area contributed by atoms with Gasteiger partial charge in [0.15, 0.2) is 17.3 Å². The predicted octanol–water partition coefficient (Wildman–Crippen LogP) is 2.96. The van der Waals surface area contributed by atoms with Crippen molar-refractivity contribution >= 4 is 18.2 Å². The van der Waals surface area contributed by atoms with Gasteiger partial charge in [0.2, 0.25) is 0 Å². The molecule has 0 saturated heterocycles. The first-order chi connectivity index (χ1) is 9.13. The number of nitrogens with zero attached hydrogens (tertiary/aromatic N) is 2. The monoisotopic (exact) mass is 297 g/mol. The summed E-state index contributed by atoms with van der Waals surface area (Å²) in [6, 6.07) is 5.30. The second kappa shape index (κ2) is 7.05. The van der Waals surface area contributed by atoms with E-state index >= 15 is 0 Å². The van der Waals surface area contributed by atoms with Gasteiger partial charge in [0.05, 0.1) is 7.11 Å². The number of phenolic OH excluding ortho intramolecular Hbond substituents is 1. The molecule has 1 aromatic heterocycles. The molecule has 0 unspecified atom stereocenters. The maximum atomic E-state index is 9.54. The maximum absolute atomic E-state index is 9.54. The molecule has 0 bridgehead atoms. The molecule has 0 spiro atoms. The highest BCUT2D eigenvalue weighted by Crippen LogP contribution is 2.26. The van der Waals surface area contributed by atoms with Gasteiger partial charge in [0.1, 0.15) is 0 Å². The van der Waals surface area contributed by atoms with Crippen molar-refractivity contribution in [2.75, 3.05) is 12.4 Å². The third kappa shape index (κ3) is 3.57. The van der Waals surface area contributed by atoms with Gasteiger partial charge in [-0.2, -0.15) is 5.10 Å². The molecule has 0 amide bonds. The van der Waals surface area contributed by atoms with E-state index in [2.05, 4.69) is 17.3 Å². The van der Waals surface area contributed by atoms with Crippen LogP contribution < -0.4 is 10.1 Å². The Morgan fingerprint density at radius 3 is 2.75 bits per heavy atom. The first kappa shape index (κ1) is 16.2. The number of aromatic nitrogens is 2. The summed E-state index contributed by atoms with van der Waals surface area (Å²) in [5.74, 6) is 1.52. The van der Waals surface area contributed by atoms with Crippen LogP contribution in [0.3, 0.4) is 0 Å². The SMILES string of the molecule is CCn1cc(C)c(NCc2ccc(O)c(OC)c2)n1.Cl. The highest BCUT2D eigenvalue weighted by Gasteiger charge is 2.06. The van der Waals surface area contributed by atoms with Gasteiger partial charge in [-0.15, -0.1) is 12.4 Å². The Morgan fingerprint density at radius 2 is 2.15 bits per heavy atom. The van der Waals surface area contributed by atoms with Crippen LogP contribution in [-0.2, 0) is 13.1 Å². The minimum atomic E-state index is 0. The van der Waals surface area contributed by atoms with Gasteiger partial charge >= 0.3 is 0 Å². The fourth-order valence-electron chi connectivity index (χ4n) is 1.88. The molecule has 1 heterocycles. The van der Waals surface area contributed by atoms with Crippen molar-refractivity contribution < 1.29 is 9.84 Å². The molecule has 20 heavy (non-hydrogen) atoms. The molecular formula is C14H20ClN3O2. The quantitative estimate of drug-likeness (QED) is 0.891. The summed E-state index contributed by atoms with van der Waals surface area (Å²) in [5.41, 5.74) is 2.15. The van der Waals surface area contributed by atoms with E-state index in [-0.39, 0.29) is 18.2 Å². The van der Waals surface area contributed by atoms with E-state index < -0.39 is 0 Å². The van der Waals surface area contributed by atoms with Crippen molar-refractivity contribution in [2.45, 2.75) is 26.9 Å². The molecule has 0 saturated carbocycles. The van der Waals surface area contributed by atoms with E-state index in [1.54, 1.807) is 13.2 Å². The fraction of sp³-hybridized carbons (Fsp3) is 0.357. The van der Waals surface area contributed by atoms with E-state index in [9.17, 15) is 5.11 Å². The summed E-state index contributed by atoms with van der Waals surface area (Å²) in [5, 5.41) is 17.3. The number of nitrogens with one attached hydrogen (secondary N) is 1. The van der Waals surface area contributed by atoms with Gasteiger partial charge < -0.3 is 15.2 Å². The lowest BCUT2D eigenvalue weighted by atomic mass is 10.2. The van der Waals surface area contributed by atoms with Crippen LogP contribution in [0.15, 0.2) is 24.4 Å². The molecular weight excluding hydrogens is 278 g/mol. The summed E-state index contributed by atoms with van der Waals surface area (Å²) in [4.78, 5) is 0. The number of benzene rings is 1. The number of phenols is 1. The Balaban J connectivity index is 0.00000200. The minimum Gasteiger partial charge on any atom is -0.504 e. The first-order valence-corrected chi connectivity index (χ1v) is 6.27. The second-order valence-corrected chi connectivity index (χ2v) is 4.38. The molecule has 0 radical (unpaired) electrons. The smallest absolute Gasteiger partial charge is 0.160 e. The third-order valence-electron chi connectivity index (χ3n) is 2.97. The molecule has 6 heteroatoms. The molecule has 2 N–H and O–H groups in total. The summed E-state index contributed by atoms with van der Waals surface area (Å²) in [7, 11) is 1.54. The maximum Gasteiger partial charge on any atom is 0.160 e. The number of anilines is 1. The van der Waals surface area contributed by atoms with E-state index in [4.69, 9.17) is 4.74 Å². The van der Waals surface area contributed by atoms with Crippen LogP contribution in [-0.4, -0.2) is 22.0 Å². The molecule has 5 nitrogen and oxygen atoms in total. The predicted molar refractivity (Wildman–Crippen MR) is 81.9 cm³/mol. The molecule has 0 aliphatic rings. The zero-order valence-corrected chi connectivity index (χ0v) is 12.7. The van der Waals surface area contributed by atoms with Gasteiger partial charge in [0.25, 0.3) is 0 Å². The average Bonchev–Trinajstić information content (AvgIpc) is 2.78. The van der Waals surface area contributed by atoms with Crippen LogP contribution in [0.2, 0.25) is 0 Å². The van der Waals surface area contributed by atoms with E-state index in [1.165, 1.54) is 0 Å². The zero-order chi connectivity index (χ0) is 13.8. The van der Waals surface area contributed by atoms with Crippen molar-refractivity contribution in [3.05, 3.63) is 35.5 Å². The number of methoxy groups -OCH3 is 1. The van der Waals surface area contributed by atoms with E-state index in [0.717, 1.165) is 23.5 Å². The number of hydrogen-bond acceptors (Lipinski definition) is 4. The topological polar surface area (TPSA) is 59.3 Å². The van der Waals surface area contributed by atoms with Crippen molar-refractivity contribution in [1.29, 1.82) is 0 Å². The summed E-state index contributed by atoms with van der Waals surface area (Å²) in [6.07, 6.45) is 2.01. The van der Waals surface area contributed by atoms with E-state index in [0.29, 0.717) is 12.3 Å². The molecule has 0 aliphatic carbocycles. The van der Waals surface area contributed by atoms with Gasteiger partial charge in [0, 0.05) is 24.8 Å². The highest BCUT2D eigenvalue weighted by atomic mass is 35.5. The van der Waals surface area contributed by atoms with Crippen LogP contribution >= 0.6 is 12.4 Å². The van der Waals surface area contributed by atoms with Gasteiger partial charge in [-0.3, -0.25) is 4.68 Å². The van der Waals surface area contributed by atoms with Gasteiger partial charge in [-0.25, -0.2) is 0 Å². The standard InChI is InChI=1S/C14H19N3O2.ClH/c1-4-17-9-10(2)14(16-17)15-8-11-5-6-12(18)13(7-11)19-3;/h5-7,9,18H,4,8H2,1-3H3,(H,15,16);1H. The second-order valence-electron chi connectivity index (χ2n) is 4.38. The number of aromatic hydroxyl groups is 1. The Kier molecular flexibility index (Phi) is 5.70. The summed E-state index contributed by atoms with van der Waals surface area (Å²) >= 11 is 0. The van der Waals surface area contributed by atoms with Crippen LogP contribution in [0.25, 0.3) is 0 Å². The van der Waals surface area contributed by atoms with Crippen LogP contribution in [0.1, 0.15) is 18.1 Å². The molecule has 110 valence electrons. The number of aryl methyl sites for hydroxylation is 2. The van der Waals surface area contributed by atoms with Crippen molar-refractivity contribution in [3.63, 3.8) is 0 Å². The fourth-order valence-corrected chi connectivity index (χ4v) is 1.88. The van der Waals surface area contributed by atoms with Gasteiger partial charge in [-0.1, -0.05) is 6.07 Å². The lowest BCUT2D eigenvalue weighted by Gasteiger charge is -2.08. The van der Waals surface area contributed by atoms with Crippen molar-refractivity contribution in [3.8, 4) is 11.5 Å². The van der Waals surface area contributed by atoms with Crippen molar-refractivity contribution in [1.82, 2.24) is 9.78 Å². The number of halogens is 1. The van der Waals surface area contributed by atoms with Crippen LogP contribution in [0.4, 0.5) is 5.82 Å². The Hall–Kier alpha value is -1.88. The number of rotatable bonds is 5. The molecule has 2 aromatic rings.